The highest BCUT2D eigenvalue weighted by molar-refractivity contribution is 5.77. The van der Waals surface area contributed by atoms with Crippen molar-refractivity contribution in [3.63, 3.8) is 0 Å². The van der Waals surface area contributed by atoms with Gasteiger partial charge in [0.15, 0.2) is 0 Å². The zero-order valence-corrected chi connectivity index (χ0v) is 16.5. The minimum absolute atomic E-state index is 0.179. The first kappa shape index (κ1) is 21.7. The van der Waals surface area contributed by atoms with Gasteiger partial charge in [-0.3, -0.25) is 4.79 Å². The van der Waals surface area contributed by atoms with Gasteiger partial charge in [-0.1, -0.05) is 58.0 Å². The molecule has 0 heterocycles. The first-order chi connectivity index (χ1) is 11.5. The predicted molar refractivity (Wildman–Crippen MR) is 100 cm³/mol. The molecule has 0 bridgehead atoms. The van der Waals surface area contributed by atoms with E-state index in [1.165, 1.54) is 5.56 Å². The molecule has 0 spiro atoms. The minimum Gasteiger partial charge on any atom is -0.462 e. The van der Waals surface area contributed by atoms with Crippen molar-refractivity contribution in [1.29, 1.82) is 0 Å². The van der Waals surface area contributed by atoms with E-state index in [1.807, 2.05) is 32.0 Å². The SMILES string of the molecule is CC(C)C(CC(C)(C)C(C)(C)C(=O)OCC(O)CO)c1ccccc1. The number of rotatable bonds is 9. The van der Waals surface area contributed by atoms with E-state index in [0.29, 0.717) is 11.8 Å². The first-order valence-electron chi connectivity index (χ1n) is 9.04. The maximum Gasteiger partial charge on any atom is 0.312 e. The molecule has 4 nitrogen and oxygen atoms in total. The van der Waals surface area contributed by atoms with Crippen molar-refractivity contribution in [2.45, 2.75) is 60.0 Å². The molecule has 1 aromatic rings. The summed E-state index contributed by atoms with van der Waals surface area (Å²) in [6, 6.07) is 10.4. The molecule has 0 aliphatic rings. The molecule has 142 valence electrons. The maximum atomic E-state index is 12.6. The van der Waals surface area contributed by atoms with Gasteiger partial charge >= 0.3 is 5.97 Å². The molecule has 0 saturated heterocycles. The molecule has 4 heteroatoms. The third-order valence-electron chi connectivity index (χ3n) is 5.58. The summed E-state index contributed by atoms with van der Waals surface area (Å²) in [7, 11) is 0. The van der Waals surface area contributed by atoms with Crippen LogP contribution in [0.2, 0.25) is 0 Å². The van der Waals surface area contributed by atoms with Gasteiger partial charge in [-0.15, -0.1) is 0 Å². The van der Waals surface area contributed by atoms with Gasteiger partial charge in [0.1, 0.15) is 12.7 Å². The van der Waals surface area contributed by atoms with Crippen LogP contribution >= 0.6 is 0 Å². The Morgan fingerprint density at radius 2 is 1.68 bits per heavy atom. The highest BCUT2D eigenvalue weighted by Crippen LogP contribution is 2.47. The summed E-state index contributed by atoms with van der Waals surface area (Å²) in [4.78, 5) is 12.6. The van der Waals surface area contributed by atoms with Crippen LogP contribution in [0.4, 0.5) is 0 Å². The van der Waals surface area contributed by atoms with Crippen LogP contribution in [-0.2, 0) is 9.53 Å². The topological polar surface area (TPSA) is 66.8 Å². The zero-order chi connectivity index (χ0) is 19.3. The van der Waals surface area contributed by atoms with Gasteiger partial charge < -0.3 is 14.9 Å². The lowest BCUT2D eigenvalue weighted by molar-refractivity contribution is -0.165. The number of aliphatic hydroxyl groups is 2. The van der Waals surface area contributed by atoms with Crippen molar-refractivity contribution in [2.75, 3.05) is 13.2 Å². The van der Waals surface area contributed by atoms with Gasteiger partial charge in [0.2, 0.25) is 0 Å². The molecule has 0 saturated carbocycles. The molecule has 0 aliphatic heterocycles. The smallest absolute Gasteiger partial charge is 0.312 e. The number of benzene rings is 1. The molecule has 0 fully saturated rings. The Balaban J connectivity index is 2.94. The van der Waals surface area contributed by atoms with Crippen LogP contribution in [0.5, 0.6) is 0 Å². The second-order valence-electron chi connectivity index (χ2n) is 8.41. The molecule has 2 atom stereocenters. The quantitative estimate of drug-likeness (QED) is 0.665. The van der Waals surface area contributed by atoms with E-state index in [9.17, 15) is 9.90 Å². The van der Waals surface area contributed by atoms with Gasteiger partial charge in [0.25, 0.3) is 0 Å². The van der Waals surface area contributed by atoms with Crippen LogP contribution in [0.25, 0.3) is 0 Å². The van der Waals surface area contributed by atoms with E-state index < -0.39 is 18.1 Å². The number of esters is 1. The van der Waals surface area contributed by atoms with Crippen LogP contribution in [0.3, 0.4) is 0 Å². The molecule has 0 amide bonds. The van der Waals surface area contributed by atoms with Crippen LogP contribution in [0.1, 0.15) is 59.4 Å². The summed E-state index contributed by atoms with van der Waals surface area (Å²) >= 11 is 0. The maximum absolute atomic E-state index is 12.6. The second kappa shape index (κ2) is 8.81. The Morgan fingerprint density at radius 3 is 2.16 bits per heavy atom. The second-order valence-corrected chi connectivity index (χ2v) is 8.41. The summed E-state index contributed by atoms with van der Waals surface area (Å²) in [6.45, 7) is 11.8. The number of hydrogen-bond donors (Lipinski definition) is 2. The van der Waals surface area contributed by atoms with Crippen LogP contribution in [-0.4, -0.2) is 35.5 Å². The number of carbonyl (C=O) groups excluding carboxylic acids is 1. The largest absolute Gasteiger partial charge is 0.462 e. The summed E-state index contributed by atoms with van der Waals surface area (Å²) in [5.74, 6) is 0.441. The molecule has 1 rings (SSSR count). The highest BCUT2D eigenvalue weighted by atomic mass is 16.5. The normalized spacial score (nSPS) is 15.1. The molecule has 0 aliphatic carbocycles. The monoisotopic (exact) mass is 350 g/mol. The van der Waals surface area contributed by atoms with Gasteiger partial charge in [0.05, 0.1) is 12.0 Å². The summed E-state index contributed by atoms with van der Waals surface area (Å²) < 4.78 is 5.24. The fourth-order valence-corrected chi connectivity index (χ4v) is 2.92. The highest BCUT2D eigenvalue weighted by Gasteiger charge is 2.46. The first-order valence-corrected chi connectivity index (χ1v) is 9.04. The van der Waals surface area contributed by atoms with E-state index in [-0.39, 0.29) is 18.0 Å². The molecule has 25 heavy (non-hydrogen) atoms. The van der Waals surface area contributed by atoms with Crippen LogP contribution < -0.4 is 0 Å². The fourth-order valence-electron chi connectivity index (χ4n) is 2.92. The number of carbonyl (C=O) groups is 1. The van der Waals surface area contributed by atoms with Crippen molar-refractivity contribution in [3.05, 3.63) is 35.9 Å². The number of ether oxygens (including phenoxy) is 1. The standard InChI is InChI=1S/C21H34O4/c1-15(2)18(16-10-8-7-9-11-16)12-20(3,4)21(5,6)19(24)25-14-17(23)13-22/h7-11,15,17-18,22-23H,12-14H2,1-6H3. The minimum atomic E-state index is -1.03. The Hall–Kier alpha value is -1.39. The van der Waals surface area contributed by atoms with Crippen molar-refractivity contribution in [3.8, 4) is 0 Å². The summed E-state index contributed by atoms with van der Waals surface area (Å²) in [6.07, 6.45) is -0.185. The van der Waals surface area contributed by atoms with Crippen molar-refractivity contribution in [2.24, 2.45) is 16.7 Å². The average molecular weight is 350 g/mol. The van der Waals surface area contributed by atoms with Gasteiger partial charge in [-0.2, -0.15) is 0 Å². The van der Waals surface area contributed by atoms with Crippen molar-refractivity contribution in [1.82, 2.24) is 0 Å². The van der Waals surface area contributed by atoms with Gasteiger partial charge in [-0.05, 0) is 43.1 Å². The molecular weight excluding hydrogens is 316 g/mol. The lowest BCUT2D eigenvalue weighted by Gasteiger charge is -2.42. The lowest BCUT2D eigenvalue weighted by atomic mass is 9.62. The zero-order valence-electron chi connectivity index (χ0n) is 16.5. The molecule has 0 aromatic heterocycles. The Morgan fingerprint density at radius 1 is 1.12 bits per heavy atom. The van der Waals surface area contributed by atoms with E-state index in [0.717, 1.165) is 6.42 Å². The molecule has 1 aromatic carbocycles. The third kappa shape index (κ3) is 5.55. The third-order valence-corrected chi connectivity index (χ3v) is 5.58. The van der Waals surface area contributed by atoms with E-state index in [4.69, 9.17) is 9.84 Å². The van der Waals surface area contributed by atoms with E-state index in [1.54, 1.807) is 0 Å². The van der Waals surface area contributed by atoms with Crippen LogP contribution in [0, 0.1) is 16.7 Å². The lowest BCUT2D eigenvalue weighted by Crippen LogP contribution is -2.43. The van der Waals surface area contributed by atoms with Gasteiger partial charge in [-0.25, -0.2) is 0 Å². The average Bonchev–Trinajstić information content (AvgIpc) is 2.57. The van der Waals surface area contributed by atoms with E-state index >= 15 is 0 Å². The van der Waals surface area contributed by atoms with E-state index in [2.05, 4.69) is 39.8 Å². The van der Waals surface area contributed by atoms with Crippen LogP contribution in [0.15, 0.2) is 30.3 Å². The van der Waals surface area contributed by atoms with Crippen molar-refractivity contribution >= 4 is 5.97 Å². The Labute approximate surface area is 152 Å². The molecule has 0 radical (unpaired) electrons. The fraction of sp³-hybridized carbons (Fsp3) is 0.667. The van der Waals surface area contributed by atoms with Crippen molar-refractivity contribution < 1.29 is 19.7 Å². The number of aliphatic hydroxyl groups excluding tert-OH is 2. The Kier molecular flexibility index (Phi) is 7.63. The predicted octanol–water partition coefficient (Wildman–Crippen LogP) is 3.77. The van der Waals surface area contributed by atoms with Gasteiger partial charge in [0, 0.05) is 0 Å². The summed E-state index contributed by atoms with van der Waals surface area (Å²) in [5, 5.41) is 18.3. The number of hydrogen-bond acceptors (Lipinski definition) is 4. The Bertz CT molecular complexity index is 534. The molecular formula is C21H34O4. The molecule has 2 N–H and O–H groups in total. The summed E-state index contributed by atoms with van der Waals surface area (Å²) in [5.41, 5.74) is 0.258. The molecule has 2 unspecified atom stereocenters.